The minimum atomic E-state index is -0.0998. The largest absolute Gasteiger partial charge is 0.379 e. The van der Waals surface area contributed by atoms with E-state index < -0.39 is 0 Å². The van der Waals surface area contributed by atoms with Gasteiger partial charge in [0.25, 0.3) is 17.3 Å². The topological polar surface area (TPSA) is 55.3 Å². The molecule has 0 fully saturated rings. The number of amides is 1. The van der Waals surface area contributed by atoms with E-state index in [-0.39, 0.29) is 11.3 Å². The maximum absolute atomic E-state index is 12.6. The van der Waals surface area contributed by atoms with Crippen LogP contribution in [-0.2, 0) is 23.6 Å². The summed E-state index contributed by atoms with van der Waals surface area (Å²) in [5.41, 5.74) is 4.14. The number of aryl methyl sites for hydroxylation is 3. The maximum atomic E-state index is 12.6. The monoisotopic (exact) mass is 415 g/mol. The van der Waals surface area contributed by atoms with Crippen LogP contribution < -0.4 is 14.5 Å². The van der Waals surface area contributed by atoms with Crippen LogP contribution in [0.2, 0.25) is 0 Å². The van der Waals surface area contributed by atoms with Gasteiger partial charge in [-0.25, -0.2) is 0 Å². The molecule has 0 saturated heterocycles. The van der Waals surface area contributed by atoms with Crippen molar-refractivity contribution in [2.45, 2.75) is 34.1 Å². The van der Waals surface area contributed by atoms with E-state index in [0.717, 1.165) is 24.4 Å². The van der Waals surface area contributed by atoms with E-state index in [2.05, 4.69) is 49.7 Å². The van der Waals surface area contributed by atoms with E-state index in [0.29, 0.717) is 31.9 Å². The van der Waals surface area contributed by atoms with Gasteiger partial charge in [0.2, 0.25) is 0 Å². The van der Waals surface area contributed by atoms with Gasteiger partial charge < -0.3 is 14.8 Å². The Morgan fingerprint density at radius 1 is 0.933 bits per heavy atom. The lowest BCUT2D eigenvalue weighted by atomic mass is 9.93. The average molecular weight is 416 g/mol. The Morgan fingerprint density at radius 2 is 1.53 bits per heavy atom. The molecule has 0 saturated carbocycles. The standard InChI is InChI=1S/C24H36N3O3/c1-19-7-11-26(5)21(17-19)22-18-20(8-12-27(22)6)23(28)25-10-14-30-16-15-29-13-9-24(2,3)4/h7-8,11-12,17-18H,9-10,13-16H2,1-6H3/q+1/p+1. The van der Waals surface area contributed by atoms with Crippen LogP contribution in [0.1, 0.15) is 43.1 Å². The molecule has 0 aromatic carbocycles. The van der Waals surface area contributed by atoms with Gasteiger partial charge in [-0.05, 0) is 24.3 Å². The van der Waals surface area contributed by atoms with Crippen LogP contribution in [0.15, 0.2) is 36.7 Å². The van der Waals surface area contributed by atoms with Gasteiger partial charge in [0.1, 0.15) is 14.1 Å². The van der Waals surface area contributed by atoms with Crippen LogP contribution in [0.3, 0.4) is 0 Å². The SMILES string of the molecule is Cc1cc[n+](C)c(-c2cc(C(=O)NCCOCCOCCC(C)(C)C)cc[n+]2C)c1. The summed E-state index contributed by atoms with van der Waals surface area (Å²) in [6.45, 7) is 11.5. The maximum Gasteiger partial charge on any atom is 0.277 e. The molecule has 0 spiro atoms. The molecule has 1 amide bonds. The zero-order valence-corrected chi connectivity index (χ0v) is 19.3. The molecule has 0 radical (unpaired) electrons. The average Bonchev–Trinajstić information content (AvgIpc) is 2.68. The molecule has 0 unspecified atom stereocenters. The van der Waals surface area contributed by atoms with Gasteiger partial charge >= 0.3 is 0 Å². The summed E-state index contributed by atoms with van der Waals surface area (Å²) in [4.78, 5) is 12.6. The zero-order valence-electron chi connectivity index (χ0n) is 19.3. The molecule has 0 aliphatic carbocycles. The van der Waals surface area contributed by atoms with Crippen LogP contribution in [0.4, 0.5) is 0 Å². The number of nitrogens with one attached hydrogen (secondary N) is 1. The first-order valence-corrected chi connectivity index (χ1v) is 10.6. The summed E-state index contributed by atoms with van der Waals surface area (Å²) >= 11 is 0. The Kier molecular flexibility index (Phi) is 8.93. The molecule has 6 nitrogen and oxygen atoms in total. The van der Waals surface area contributed by atoms with Gasteiger partial charge in [-0.15, -0.1) is 0 Å². The summed E-state index contributed by atoms with van der Waals surface area (Å²) in [7, 11) is 3.99. The highest BCUT2D eigenvalue weighted by atomic mass is 16.5. The molecule has 0 bridgehead atoms. The normalized spacial score (nSPS) is 11.5. The molecule has 164 valence electrons. The number of rotatable bonds is 10. The Bertz CT molecular complexity index is 844. The quantitative estimate of drug-likeness (QED) is 0.479. The number of hydrogen-bond acceptors (Lipinski definition) is 3. The predicted octanol–water partition coefficient (Wildman–Crippen LogP) is 2.51. The third-order valence-electron chi connectivity index (χ3n) is 4.88. The first-order valence-electron chi connectivity index (χ1n) is 10.6. The van der Waals surface area contributed by atoms with Crippen molar-refractivity contribution in [1.82, 2.24) is 5.32 Å². The number of carbonyl (C=O) groups is 1. The molecule has 30 heavy (non-hydrogen) atoms. The number of ether oxygens (including phenoxy) is 2. The highest BCUT2D eigenvalue weighted by molar-refractivity contribution is 5.94. The predicted molar refractivity (Wildman–Crippen MR) is 117 cm³/mol. The summed E-state index contributed by atoms with van der Waals surface area (Å²) in [6.07, 6.45) is 4.97. The van der Waals surface area contributed by atoms with Gasteiger partial charge in [-0.2, -0.15) is 9.13 Å². The fraction of sp³-hybridized carbons (Fsp3) is 0.542. The lowest BCUT2D eigenvalue weighted by Gasteiger charge is -2.17. The Labute approximate surface area is 180 Å². The zero-order chi connectivity index (χ0) is 22.1. The molecule has 0 aliphatic heterocycles. The molecule has 2 aromatic heterocycles. The van der Waals surface area contributed by atoms with E-state index in [9.17, 15) is 4.79 Å². The Morgan fingerprint density at radius 3 is 2.20 bits per heavy atom. The molecule has 0 atom stereocenters. The van der Waals surface area contributed by atoms with Crippen molar-refractivity contribution in [2.24, 2.45) is 19.5 Å². The molecule has 2 rings (SSSR count). The molecule has 0 aliphatic rings. The van der Waals surface area contributed by atoms with E-state index in [4.69, 9.17) is 9.47 Å². The summed E-state index contributed by atoms with van der Waals surface area (Å²) < 4.78 is 15.2. The van der Waals surface area contributed by atoms with Crippen LogP contribution in [0.5, 0.6) is 0 Å². The fourth-order valence-electron chi connectivity index (χ4n) is 2.93. The molecule has 2 heterocycles. The van der Waals surface area contributed by atoms with Crippen LogP contribution in [0, 0.1) is 12.3 Å². The number of hydrogen-bond donors (Lipinski definition) is 1. The lowest BCUT2D eigenvalue weighted by Crippen LogP contribution is -2.39. The molecule has 2 aromatic rings. The van der Waals surface area contributed by atoms with Crippen molar-refractivity contribution >= 4 is 5.91 Å². The lowest BCUT2D eigenvalue weighted by molar-refractivity contribution is -0.690. The second-order valence-electron chi connectivity index (χ2n) is 8.90. The second kappa shape index (κ2) is 11.2. The highest BCUT2D eigenvalue weighted by Gasteiger charge is 2.21. The van der Waals surface area contributed by atoms with Crippen molar-refractivity contribution < 1.29 is 23.4 Å². The van der Waals surface area contributed by atoms with E-state index >= 15 is 0 Å². The molecular weight excluding hydrogens is 378 g/mol. The van der Waals surface area contributed by atoms with E-state index in [1.165, 1.54) is 5.56 Å². The van der Waals surface area contributed by atoms with Crippen molar-refractivity contribution in [3.8, 4) is 11.4 Å². The van der Waals surface area contributed by atoms with Gasteiger partial charge in [-0.1, -0.05) is 20.8 Å². The molecule has 1 N–H and O–H groups in total. The summed E-state index contributed by atoms with van der Waals surface area (Å²) in [5.74, 6) is -0.0998. The van der Waals surface area contributed by atoms with Gasteiger partial charge in [0.05, 0.1) is 25.4 Å². The number of carbonyl (C=O) groups excluding carboxylic acids is 1. The third-order valence-corrected chi connectivity index (χ3v) is 4.88. The van der Waals surface area contributed by atoms with Crippen molar-refractivity contribution in [2.75, 3.05) is 33.0 Å². The number of pyridine rings is 2. The first-order chi connectivity index (χ1) is 14.2. The van der Waals surface area contributed by atoms with Gasteiger partial charge in [0.15, 0.2) is 12.4 Å². The van der Waals surface area contributed by atoms with Crippen LogP contribution >= 0.6 is 0 Å². The molecule has 6 heteroatoms. The van der Waals surface area contributed by atoms with E-state index in [1.54, 1.807) is 0 Å². The van der Waals surface area contributed by atoms with Crippen LogP contribution in [0.25, 0.3) is 11.4 Å². The van der Waals surface area contributed by atoms with Gasteiger partial charge in [-0.3, -0.25) is 4.79 Å². The molecular formula is C24H37N3O3+2. The highest BCUT2D eigenvalue weighted by Crippen LogP contribution is 2.17. The minimum absolute atomic E-state index is 0.0998. The van der Waals surface area contributed by atoms with E-state index in [1.807, 2.05) is 43.2 Å². The summed E-state index contributed by atoms with van der Waals surface area (Å²) in [5, 5.41) is 2.92. The van der Waals surface area contributed by atoms with Gasteiger partial charge in [0, 0.05) is 37.4 Å². The second-order valence-corrected chi connectivity index (χ2v) is 8.90. The fourth-order valence-corrected chi connectivity index (χ4v) is 2.93. The Hall–Kier alpha value is -2.31. The number of nitrogens with zero attached hydrogens (tertiary/aromatic N) is 2. The van der Waals surface area contributed by atoms with Crippen molar-refractivity contribution in [1.29, 1.82) is 0 Å². The van der Waals surface area contributed by atoms with Crippen molar-refractivity contribution in [3.63, 3.8) is 0 Å². The minimum Gasteiger partial charge on any atom is -0.379 e. The van der Waals surface area contributed by atoms with Crippen LogP contribution in [-0.4, -0.2) is 38.9 Å². The summed E-state index contributed by atoms with van der Waals surface area (Å²) in [6, 6.07) is 7.94. The van der Waals surface area contributed by atoms with Crippen molar-refractivity contribution in [3.05, 3.63) is 47.8 Å². The number of aromatic nitrogens is 2. The Balaban J connectivity index is 1.79. The third kappa shape index (κ3) is 7.84. The smallest absolute Gasteiger partial charge is 0.277 e. The first kappa shape index (κ1) is 24.0.